The third kappa shape index (κ3) is 2.73. The molecule has 2 heterocycles. The Morgan fingerprint density at radius 2 is 2.14 bits per heavy atom. The van der Waals surface area contributed by atoms with Crippen molar-refractivity contribution >= 4 is 38.6 Å². The van der Waals surface area contributed by atoms with Crippen molar-refractivity contribution in [1.29, 1.82) is 0 Å². The number of carbonyl (C=O) groups is 1. The predicted molar refractivity (Wildman–Crippen MR) is 81.5 cm³/mol. The van der Waals surface area contributed by atoms with Gasteiger partial charge in [-0.3, -0.25) is 9.59 Å². The number of H-pyrrole nitrogens is 1. The van der Waals surface area contributed by atoms with E-state index in [-0.39, 0.29) is 11.1 Å². The number of rotatable bonds is 2. The van der Waals surface area contributed by atoms with Crippen molar-refractivity contribution in [1.82, 2.24) is 10.1 Å². The molecule has 0 saturated heterocycles. The predicted octanol–water partition coefficient (Wildman–Crippen LogP) is 2.84. The van der Waals surface area contributed by atoms with Crippen molar-refractivity contribution in [3.05, 3.63) is 56.5 Å². The number of hydrogen-bond donors (Lipinski definition) is 2. The Labute approximate surface area is 127 Å². The lowest BCUT2D eigenvalue weighted by Crippen LogP contribution is -2.17. The number of benzene rings is 1. The normalized spacial score (nSPS) is 10.8. The maximum Gasteiger partial charge on any atom is 0.273 e. The minimum atomic E-state index is -0.454. The first-order valence-electron chi connectivity index (χ1n) is 6.10. The van der Waals surface area contributed by atoms with Gasteiger partial charge in [0.1, 0.15) is 11.5 Å². The molecule has 0 saturated carbocycles. The SMILES string of the molecule is Cc1cc(NC(=O)c2cc(=O)c3cc(Br)ccc3[nH]2)no1. The Balaban J connectivity index is 1.98. The highest BCUT2D eigenvalue weighted by atomic mass is 79.9. The topological polar surface area (TPSA) is 88.0 Å². The first-order valence-corrected chi connectivity index (χ1v) is 6.89. The van der Waals surface area contributed by atoms with Crippen LogP contribution in [0.2, 0.25) is 0 Å². The molecule has 1 amide bonds. The molecule has 6 nitrogen and oxygen atoms in total. The van der Waals surface area contributed by atoms with Crippen LogP contribution in [0.3, 0.4) is 0 Å². The van der Waals surface area contributed by atoms with Gasteiger partial charge >= 0.3 is 0 Å². The van der Waals surface area contributed by atoms with Crippen LogP contribution < -0.4 is 10.7 Å². The highest BCUT2D eigenvalue weighted by Crippen LogP contribution is 2.16. The average molecular weight is 348 g/mol. The van der Waals surface area contributed by atoms with Crippen LogP contribution in [0.1, 0.15) is 16.2 Å². The fraction of sp³-hybridized carbons (Fsp3) is 0.0714. The van der Waals surface area contributed by atoms with E-state index in [1.807, 2.05) is 0 Å². The van der Waals surface area contributed by atoms with Crippen LogP contribution in [0.25, 0.3) is 10.9 Å². The molecule has 0 bridgehead atoms. The van der Waals surface area contributed by atoms with Gasteiger partial charge in [-0.05, 0) is 25.1 Å². The molecule has 0 aliphatic carbocycles. The van der Waals surface area contributed by atoms with Crippen molar-refractivity contribution in [3.8, 4) is 0 Å². The Kier molecular flexibility index (Phi) is 3.34. The molecule has 3 aromatic rings. The van der Waals surface area contributed by atoms with E-state index in [1.165, 1.54) is 6.07 Å². The summed E-state index contributed by atoms with van der Waals surface area (Å²) in [7, 11) is 0. The Bertz CT molecular complexity index is 898. The molecule has 0 aliphatic rings. The van der Waals surface area contributed by atoms with Crippen molar-refractivity contribution in [2.75, 3.05) is 5.32 Å². The number of aromatic amines is 1. The zero-order chi connectivity index (χ0) is 15.0. The molecule has 0 atom stereocenters. The highest BCUT2D eigenvalue weighted by molar-refractivity contribution is 9.10. The van der Waals surface area contributed by atoms with Crippen LogP contribution in [0.15, 0.2) is 44.1 Å². The number of aryl methyl sites for hydroxylation is 1. The number of fused-ring (bicyclic) bond motifs is 1. The Hall–Kier alpha value is -2.41. The lowest BCUT2D eigenvalue weighted by atomic mass is 10.2. The summed E-state index contributed by atoms with van der Waals surface area (Å²) in [6.45, 7) is 1.72. The third-order valence-corrected chi connectivity index (χ3v) is 3.40. The fourth-order valence-corrected chi connectivity index (χ4v) is 2.31. The number of carbonyl (C=O) groups excluding carboxylic acids is 1. The van der Waals surface area contributed by atoms with Gasteiger partial charge in [-0.15, -0.1) is 0 Å². The number of anilines is 1. The number of aromatic nitrogens is 2. The zero-order valence-corrected chi connectivity index (χ0v) is 12.5. The van der Waals surface area contributed by atoms with Gasteiger partial charge in [-0.1, -0.05) is 21.1 Å². The van der Waals surface area contributed by atoms with Gasteiger partial charge in [0, 0.05) is 27.5 Å². The summed E-state index contributed by atoms with van der Waals surface area (Å²) in [5.74, 6) is 0.432. The minimum absolute atomic E-state index is 0.162. The number of amides is 1. The maximum atomic E-state index is 12.1. The van der Waals surface area contributed by atoms with E-state index in [1.54, 1.807) is 31.2 Å². The fourth-order valence-electron chi connectivity index (χ4n) is 1.95. The summed E-state index contributed by atoms with van der Waals surface area (Å²) in [5.41, 5.74) is 0.522. The summed E-state index contributed by atoms with van der Waals surface area (Å²) in [5, 5.41) is 6.74. The van der Waals surface area contributed by atoms with E-state index in [2.05, 4.69) is 31.4 Å². The smallest absolute Gasteiger partial charge is 0.273 e. The summed E-state index contributed by atoms with van der Waals surface area (Å²) in [4.78, 5) is 27.1. The first kappa shape index (κ1) is 13.6. The van der Waals surface area contributed by atoms with E-state index in [9.17, 15) is 9.59 Å². The van der Waals surface area contributed by atoms with E-state index in [0.29, 0.717) is 22.5 Å². The third-order valence-electron chi connectivity index (χ3n) is 2.91. The summed E-state index contributed by atoms with van der Waals surface area (Å²) < 4.78 is 5.67. The molecule has 1 aromatic carbocycles. The van der Waals surface area contributed by atoms with E-state index >= 15 is 0 Å². The average Bonchev–Trinajstić information content (AvgIpc) is 2.84. The van der Waals surface area contributed by atoms with E-state index < -0.39 is 5.91 Å². The largest absolute Gasteiger partial charge is 0.360 e. The summed E-state index contributed by atoms with van der Waals surface area (Å²) in [6, 6.07) is 8.08. The standard InChI is InChI=1S/C14H10BrN3O3/c1-7-4-13(18-21-7)17-14(20)11-6-12(19)9-5-8(15)2-3-10(9)16-11/h2-6H,1H3,(H,16,19)(H,17,18,20). The van der Waals surface area contributed by atoms with Crippen molar-refractivity contribution in [2.24, 2.45) is 0 Å². The number of nitrogens with one attached hydrogen (secondary N) is 2. The van der Waals surface area contributed by atoms with Crippen LogP contribution in [-0.4, -0.2) is 16.0 Å². The molecule has 0 spiro atoms. The van der Waals surface area contributed by atoms with Gasteiger partial charge in [-0.25, -0.2) is 0 Å². The highest BCUT2D eigenvalue weighted by Gasteiger charge is 2.12. The van der Waals surface area contributed by atoms with Crippen LogP contribution in [0, 0.1) is 6.92 Å². The first-order chi connectivity index (χ1) is 10.0. The molecule has 2 N–H and O–H groups in total. The second-order valence-electron chi connectivity index (χ2n) is 4.51. The monoisotopic (exact) mass is 347 g/mol. The van der Waals surface area contributed by atoms with Crippen molar-refractivity contribution < 1.29 is 9.32 Å². The van der Waals surface area contributed by atoms with Gasteiger partial charge in [0.2, 0.25) is 0 Å². The quantitative estimate of drug-likeness (QED) is 0.745. The minimum Gasteiger partial charge on any atom is -0.360 e. The Morgan fingerprint density at radius 3 is 2.86 bits per heavy atom. The second-order valence-corrected chi connectivity index (χ2v) is 5.43. The van der Waals surface area contributed by atoms with Crippen molar-refractivity contribution in [2.45, 2.75) is 6.92 Å². The molecular weight excluding hydrogens is 338 g/mol. The lowest BCUT2D eigenvalue weighted by Gasteiger charge is -2.04. The molecule has 0 unspecified atom stereocenters. The molecule has 0 radical (unpaired) electrons. The van der Waals surface area contributed by atoms with E-state index in [0.717, 1.165) is 4.47 Å². The maximum absolute atomic E-state index is 12.1. The summed E-state index contributed by atoms with van der Waals surface area (Å²) >= 11 is 3.31. The van der Waals surface area contributed by atoms with Gasteiger partial charge in [0.15, 0.2) is 11.2 Å². The van der Waals surface area contributed by atoms with Crippen LogP contribution in [0.4, 0.5) is 5.82 Å². The van der Waals surface area contributed by atoms with Crippen LogP contribution in [-0.2, 0) is 0 Å². The molecule has 21 heavy (non-hydrogen) atoms. The molecule has 0 fully saturated rings. The van der Waals surface area contributed by atoms with E-state index in [4.69, 9.17) is 4.52 Å². The molecule has 2 aromatic heterocycles. The molecular formula is C14H10BrN3O3. The second kappa shape index (κ2) is 5.17. The number of pyridine rings is 1. The van der Waals surface area contributed by atoms with Crippen molar-refractivity contribution in [3.63, 3.8) is 0 Å². The number of hydrogen-bond acceptors (Lipinski definition) is 4. The number of nitrogens with zero attached hydrogens (tertiary/aromatic N) is 1. The van der Waals surface area contributed by atoms with Crippen LogP contribution in [0.5, 0.6) is 0 Å². The molecule has 3 rings (SSSR count). The lowest BCUT2D eigenvalue weighted by molar-refractivity contribution is 0.102. The molecule has 106 valence electrons. The van der Waals surface area contributed by atoms with Gasteiger partial charge < -0.3 is 14.8 Å². The van der Waals surface area contributed by atoms with Gasteiger partial charge in [0.25, 0.3) is 5.91 Å². The Morgan fingerprint density at radius 1 is 1.33 bits per heavy atom. The zero-order valence-electron chi connectivity index (χ0n) is 10.9. The molecule has 7 heteroatoms. The molecule has 0 aliphatic heterocycles. The van der Waals surface area contributed by atoms with Gasteiger partial charge in [0.05, 0.1) is 0 Å². The number of halogens is 1. The summed E-state index contributed by atoms with van der Waals surface area (Å²) in [6.07, 6.45) is 0. The van der Waals surface area contributed by atoms with Crippen LogP contribution >= 0.6 is 15.9 Å². The van der Waals surface area contributed by atoms with Gasteiger partial charge in [-0.2, -0.15) is 0 Å².